The van der Waals surface area contributed by atoms with E-state index in [4.69, 9.17) is 48.9 Å². The van der Waals surface area contributed by atoms with Gasteiger partial charge in [0.1, 0.15) is 9.98 Å². The van der Waals surface area contributed by atoms with Crippen molar-refractivity contribution < 1.29 is 0 Å². The van der Waals surface area contributed by atoms with Crippen LogP contribution >= 0.6 is 48.9 Å². The fraction of sp³-hybridized carbons (Fsp3) is 0.875. The summed E-state index contributed by atoms with van der Waals surface area (Å²) in [4.78, 5) is 8.33. The van der Waals surface area contributed by atoms with Crippen molar-refractivity contribution in [2.24, 2.45) is 0 Å². The summed E-state index contributed by atoms with van der Waals surface area (Å²) < 4.78 is 0. The minimum absolute atomic E-state index is 0.898. The minimum Gasteiger partial charge on any atom is -0.358 e. The van der Waals surface area contributed by atoms with Gasteiger partial charge in [-0.2, -0.15) is 0 Å². The zero-order chi connectivity index (χ0) is 27.8. The zero-order valence-corrected chi connectivity index (χ0v) is 28.2. The van der Waals surface area contributed by atoms with Gasteiger partial charge in [-0.3, -0.25) is 0 Å². The lowest BCUT2D eigenvalue weighted by molar-refractivity contribution is 0.268. The molecular formula is C32H58N2S4. The van der Waals surface area contributed by atoms with Gasteiger partial charge in [-0.15, -0.1) is 0 Å². The second-order valence-corrected chi connectivity index (χ2v) is 13.1. The molecular weight excluding hydrogens is 541 g/mol. The van der Waals surface area contributed by atoms with E-state index in [0.29, 0.717) is 0 Å². The monoisotopic (exact) mass is 598 g/mol. The molecule has 1 aliphatic heterocycles. The lowest BCUT2D eigenvalue weighted by Gasteiger charge is -2.37. The van der Waals surface area contributed by atoms with Crippen molar-refractivity contribution in [2.45, 2.75) is 155 Å². The zero-order valence-electron chi connectivity index (χ0n) is 24.9. The smallest absolute Gasteiger partial charge is 0.116 e. The highest BCUT2D eigenvalue weighted by Gasteiger charge is 2.23. The molecule has 6 heteroatoms. The Morgan fingerprint density at radius 3 is 0.895 bits per heavy atom. The van der Waals surface area contributed by atoms with Gasteiger partial charge in [0.25, 0.3) is 0 Å². The predicted molar refractivity (Wildman–Crippen MR) is 186 cm³/mol. The number of piperazine rings is 1. The number of unbranched alkanes of at least 4 members (excludes halogenated alkanes) is 18. The highest BCUT2D eigenvalue weighted by atomic mass is 32.1. The van der Waals surface area contributed by atoms with E-state index in [0.717, 1.165) is 58.7 Å². The maximum absolute atomic E-state index is 5.76. The molecule has 0 aromatic carbocycles. The molecule has 1 aliphatic rings. The van der Waals surface area contributed by atoms with Crippen LogP contribution in [0.1, 0.15) is 155 Å². The molecule has 220 valence electrons. The van der Waals surface area contributed by atoms with E-state index >= 15 is 0 Å². The number of hydrogen-bond acceptors (Lipinski definition) is 4. The molecule has 0 amide bonds. The number of rotatable bonds is 24. The lowest BCUT2D eigenvalue weighted by Crippen LogP contribution is -2.52. The topological polar surface area (TPSA) is 6.48 Å². The molecule has 0 aliphatic carbocycles. The normalized spacial score (nSPS) is 13.6. The van der Waals surface area contributed by atoms with Crippen LogP contribution in [0.4, 0.5) is 0 Å². The van der Waals surface area contributed by atoms with E-state index in [9.17, 15) is 0 Å². The van der Waals surface area contributed by atoms with Gasteiger partial charge in [0.15, 0.2) is 0 Å². The Kier molecular flexibility index (Phi) is 23.4. The third kappa shape index (κ3) is 17.6. The number of thiocarbonyl (C=S) groups is 4. The molecule has 0 saturated carbocycles. The lowest BCUT2D eigenvalue weighted by atomic mass is 10.0. The summed E-state index contributed by atoms with van der Waals surface area (Å²) in [5.41, 5.74) is 0. The van der Waals surface area contributed by atoms with E-state index in [-0.39, 0.29) is 0 Å². The van der Waals surface area contributed by atoms with E-state index < -0.39 is 0 Å². The Hall–Kier alpha value is -0.0400. The second kappa shape index (κ2) is 24.7. The average Bonchev–Trinajstić information content (AvgIpc) is 2.94. The van der Waals surface area contributed by atoms with Crippen LogP contribution in [-0.4, -0.2) is 55.7 Å². The second-order valence-electron chi connectivity index (χ2n) is 11.3. The highest BCUT2D eigenvalue weighted by Crippen LogP contribution is 2.15. The summed E-state index contributed by atoms with van der Waals surface area (Å²) >= 11 is 22.9. The highest BCUT2D eigenvalue weighted by molar-refractivity contribution is 7.89. The van der Waals surface area contributed by atoms with E-state index in [2.05, 4.69) is 23.6 Å². The molecule has 38 heavy (non-hydrogen) atoms. The van der Waals surface area contributed by atoms with Gasteiger partial charge in [0, 0.05) is 35.9 Å². The maximum atomic E-state index is 5.76. The Morgan fingerprint density at radius 2 is 0.632 bits per heavy atom. The van der Waals surface area contributed by atoms with Crippen molar-refractivity contribution in [3.8, 4) is 0 Å². The van der Waals surface area contributed by atoms with Gasteiger partial charge in [-0.25, -0.2) is 0 Å². The average molecular weight is 599 g/mol. The summed E-state index contributed by atoms with van der Waals surface area (Å²) in [6, 6.07) is 0. The van der Waals surface area contributed by atoms with Crippen LogP contribution in [0.2, 0.25) is 0 Å². The molecule has 1 rings (SSSR count). The van der Waals surface area contributed by atoms with Crippen LogP contribution in [0.15, 0.2) is 0 Å². The first kappa shape index (κ1) is 36.0. The van der Waals surface area contributed by atoms with Gasteiger partial charge in [0.2, 0.25) is 0 Å². The van der Waals surface area contributed by atoms with Gasteiger partial charge in [0.05, 0.1) is 0 Å². The molecule has 1 fully saturated rings. The molecule has 0 atom stereocenters. The van der Waals surface area contributed by atoms with Crippen molar-refractivity contribution in [3.63, 3.8) is 0 Å². The SMILES string of the molecule is CCCCCCCCCCCCC(=S)C(=S)N1CCN(C(=S)C(=S)CCCCCCCCCCCC)CC1. The summed E-state index contributed by atoms with van der Waals surface area (Å²) in [7, 11) is 0. The molecule has 0 spiro atoms. The van der Waals surface area contributed by atoms with Crippen molar-refractivity contribution in [3.05, 3.63) is 0 Å². The number of hydrogen-bond donors (Lipinski definition) is 0. The van der Waals surface area contributed by atoms with Crippen LogP contribution < -0.4 is 0 Å². The predicted octanol–water partition coefficient (Wildman–Crippen LogP) is 10.6. The third-order valence-electron chi connectivity index (χ3n) is 7.85. The first-order valence-electron chi connectivity index (χ1n) is 16.1. The molecule has 1 saturated heterocycles. The summed E-state index contributed by atoms with van der Waals surface area (Å²) in [5, 5.41) is 0. The molecule has 0 N–H and O–H groups in total. The van der Waals surface area contributed by atoms with Crippen molar-refractivity contribution >= 4 is 68.6 Å². The summed E-state index contributed by atoms with van der Waals surface area (Å²) in [6.45, 7) is 8.16. The third-order valence-corrected chi connectivity index (χ3v) is 9.91. The number of nitrogens with zero attached hydrogens (tertiary/aromatic N) is 2. The van der Waals surface area contributed by atoms with Crippen LogP contribution in [0, 0.1) is 0 Å². The maximum Gasteiger partial charge on any atom is 0.116 e. The Bertz CT molecular complexity index is 600. The molecule has 1 heterocycles. The Labute approximate surface area is 258 Å². The summed E-state index contributed by atoms with van der Waals surface area (Å²) in [5.74, 6) is 0. The molecule has 0 aromatic heterocycles. The van der Waals surface area contributed by atoms with Gasteiger partial charge in [-0.1, -0.05) is 178 Å². The van der Waals surface area contributed by atoms with Gasteiger partial charge < -0.3 is 9.80 Å². The van der Waals surface area contributed by atoms with Crippen molar-refractivity contribution in [1.29, 1.82) is 0 Å². The first-order valence-corrected chi connectivity index (χ1v) is 17.8. The molecule has 0 radical (unpaired) electrons. The van der Waals surface area contributed by atoms with Crippen LogP contribution in [-0.2, 0) is 0 Å². The van der Waals surface area contributed by atoms with E-state index in [1.807, 2.05) is 0 Å². The Balaban J connectivity index is 2.08. The molecule has 2 nitrogen and oxygen atoms in total. The molecule has 0 aromatic rings. The quantitative estimate of drug-likeness (QED) is 0.0799. The first-order chi connectivity index (χ1) is 18.5. The van der Waals surface area contributed by atoms with E-state index in [1.165, 1.54) is 128 Å². The minimum atomic E-state index is 0.898. The van der Waals surface area contributed by atoms with Crippen LogP contribution in [0.25, 0.3) is 0 Å². The molecule has 0 bridgehead atoms. The fourth-order valence-corrected chi connectivity index (χ4v) is 6.34. The van der Waals surface area contributed by atoms with Gasteiger partial charge in [-0.05, 0) is 25.7 Å². The molecule has 0 unspecified atom stereocenters. The summed E-state index contributed by atoms with van der Waals surface area (Å²) in [6.07, 6.45) is 28.9. The van der Waals surface area contributed by atoms with Crippen LogP contribution in [0.5, 0.6) is 0 Å². The van der Waals surface area contributed by atoms with Crippen molar-refractivity contribution in [1.82, 2.24) is 9.80 Å². The standard InChI is InChI=1S/C32H58N2S4/c1-3-5-7-9-11-13-15-17-19-21-23-29(35)31(37)33-25-27-34(28-26-33)32(38)30(36)24-22-20-18-16-14-12-10-8-6-4-2/h3-28H2,1-2H3. The van der Waals surface area contributed by atoms with E-state index in [1.54, 1.807) is 0 Å². The van der Waals surface area contributed by atoms with Gasteiger partial charge >= 0.3 is 0 Å². The largest absolute Gasteiger partial charge is 0.358 e. The fourth-order valence-electron chi connectivity index (χ4n) is 5.23. The Morgan fingerprint density at radius 1 is 0.395 bits per heavy atom. The van der Waals surface area contributed by atoms with Crippen LogP contribution in [0.3, 0.4) is 0 Å². The van der Waals surface area contributed by atoms with Crippen molar-refractivity contribution in [2.75, 3.05) is 26.2 Å².